The Morgan fingerprint density at radius 3 is 2.59 bits per heavy atom. The molecule has 0 bridgehead atoms. The van der Waals surface area contributed by atoms with E-state index in [0.29, 0.717) is 29.4 Å². The van der Waals surface area contributed by atoms with E-state index >= 15 is 0 Å². The molecule has 1 aromatic heterocycles. The highest BCUT2D eigenvalue weighted by atomic mass is 35.5. The maximum absolute atomic E-state index is 12.9. The van der Waals surface area contributed by atoms with Crippen LogP contribution in [-0.2, 0) is 6.18 Å². The summed E-state index contributed by atoms with van der Waals surface area (Å²) in [6.45, 7) is 0.366. The Bertz CT molecular complexity index is 997. The predicted molar refractivity (Wildman–Crippen MR) is 106 cm³/mol. The maximum Gasteiger partial charge on any atom is 0.417 e. The monoisotopic (exact) mass is 422 g/mol. The molecule has 3 rings (SSSR count). The lowest BCUT2D eigenvalue weighted by Crippen LogP contribution is -2.21. The summed E-state index contributed by atoms with van der Waals surface area (Å²) in [5.41, 5.74) is 7.07. The van der Waals surface area contributed by atoms with Crippen LogP contribution in [0.1, 0.15) is 17.2 Å². The first-order valence-electron chi connectivity index (χ1n) is 8.61. The fourth-order valence-electron chi connectivity index (χ4n) is 2.81. The molecule has 1 unspecified atom stereocenters. The van der Waals surface area contributed by atoms with Crippen molar-refractivity contribution in [3.8, 4) is 17.0 Å². The molecule has 3 N–H and O–H groups in total. The summed E-state index contributed by atoms with van der Waals surface area (Å²) < 4.78 is 43.9. The number of benzene rings is 2. The molecule has 0 spiro atoms. The Kier molecular flexibility index (Phi) is 6.24. The van der Waals surface area contributed by atoms with Gasteiger partial charge in [-0.25, -0.2) is 9.97 Å². The summed E-state index contributed by atoms with van der Waals surface area (Å²) in [6, 6.07) is 12.2. The summed E-state index contributed by atoms with van der Waals surface area (Å²) in [5.74, 6) is 1.17. The molecule has 152 valence electrons. The van der Waals surface area contributed by atoms with Gasteiger partial charge in [-0.3, -0.25) is 0 Å². The lowest BCUT2D eigenvalue weighted by atomic mass is 10.1. The number of nitrogens with two attached hydrogens (primary N) is 1. The Labute approximate surface area is 170 Å². The van der Waals surface area contributed by atoms with Crippen LogP contribution in [0.15, 0.2) is 54.9 Å². The van der Waals surface area contributed by atoms with Crippen LogP contribution >= 0.6 is 11.6 Å². The van der Waals surface area contributed by atoms with Gasteiger partial charge >= 0.3 is 6.18 Å². The van der Waals surface area contributed by atoms with E-state index in [2.05, 4.69) is 15.3 Å². The van der Waals surface area contributed by atoms with Gasteiger partial charge in [-0.15, -0.1) is 0 Å². The zero-order valence-electron chi connectivity index (χ0n) is 15.4. The smallest absolute Gasteiger partial charge is 0.417 e. The number of para-hydroxylation sites is 1. The number of aromatic nitrogens is 2. The van der Waals surface area contributed by atoms with Crippen LogP contribution in [0.2, 0.25) is 5.02 Å². The molecule has 0 amide bonds. The first-order valence-corrected chi connectivity index (χ1v) is 8.99. The second-order valence-electron chi connectivity index (χ2n) is 6.21. The molecule has 1 atom stereocenters. The van der Waals surface area contributed by atoms with E-state index in [-0.39, 0.29) is 11.1 Å². The minimum Gasteiger partial charge on any atom is -0.496 e. The third kappa shape index (κ3) is 4.96. The van der Waals surface area contributed by atoms with Crippen molar-refractivity contribution < 1.29 is 17.9 Å². The van der Waals surface area contributed by atoms with Crippen molar-refractivity contribution in [1.82, 2.24) is 9.97 Å². The number of halogens is 4. The molecule has 0 fully saturated rings. The highest BCUT2D eigenvalue weighted by Crippen LogP contribution is 2.36. The number of hydrogen-bond donors (Lipinski definition) is 2. The van der Waals surface area contributed by atoms with Crippen molar-refractivity contribution in [2.24, 2.45) is 5.73 Å². The van der Waals surface area contributed by atoms with Gasteiger partial charge in [-0.05, 0) is 18.2 Å². The van der Waals surface area contributed by atoms with Crippen molar-refractivity contribution in [3.63, 3.8) is 0 Å². The fourth-order valence-corrected chi connectivity index (χ4v) is 3.10. The van der Waals surface area contributed by atoms with Gasteiger partial charge in [0.25, 0.3) is 0 Å². The van der Waals surface area contributed by atoms with E-state index in [4.69, 9.17) is 22.1 Å². The SMILES string of the molecule is COc1ccccc1C(N)CNc1cc(-c2ccc(C(F)(F)F)c(Cl)c2)ncn1. The molecule has 1 heterocycles. The van der Waals surface area contributed by atoms with Gasteiger partial charge in [0.1, 0.15) is 17.9 Å². The predicted octanol–water partition coefficient (Wildman–Crippen LogP) is 4.94. The van der Waals surface area contributed by atoms with Crippen LogP contribution in [0, 0.1) is 0 Å². The van der Waals surface area contributed by atoms with Crippen molar-refractivity contribution in [3.05, 3.63) is 71.0 Å². The third-order valence-corrected chi connectivity index (χ3v) is 4.59. The summed E-state index contributed by atoms with van der Waals surface area (Å²) in [7, 11) is 1.57. The minimum absolute atomic E-state index is 0.356. The number of anilines is 1. The molecule has 3 aromatic rings. The number of hydrogen-bond acceptors (Lipinski definition) is 5. The Hall–Kier alpha value is -2.84. The van der Waals surface area contributed by atoms with Crippen LogP contribution < -0.4 is 15.8 Å². The Balaban J connectivity index is 1.76. The number of alkyl halides is 3. The average Bonchev–Trinajstić information content (AvgIpc) is 2.71. The molecule has 5 nitrogen and oxygen atoms in total. The number of rotatable bonds is 6. The molecule has 0 aliphatic carbocycles. The zero-order valence-corrected chi connectivity index (χ0v) is 16.1. The normalized spacial score (nSPS) is 12.5. The maximum atomic E-state index is 12.9. The molecule has 9 heteroatoms. The Morgan fingerprint density at radius 1 is 1.14 bits per heavy atom. The van der Waals surface area contributed by atoms with E-state index in [1.807, 2.05) is 24.3 Å². The lowest BCUT2D eigenvalue weighted by molar-refractivity contribution is -0.137. The highest BCUT2D eigenvalue weighted by molar-refractivity contribution is 6.31. The summed E-state index contributed by atoms with van der Waals surface area (Å²) >= 11 is 5.80. The van der Waals surface area contributed by atoms with Crippen molar-refractivity contribution >= 4 is 17.4 Å². The van der Waals surface area contributed by atoms with E-state index < -0.39 is 11.7 Å². The molecular formula is C20H18ClF3N4O. The summed E-state index contributed by atoms with van der Waals surface area (Å²) in [5, 5.41) is 2.72. The molecule has 0 saturated carbocycles. The number of nitrogens with one attached hydrogen (secondary N) is 1. The first kappa shape index (κ1) is 20.9. The minimum atomic E-state index is -4.51. The highest BCUT2D eigenvalue weighted by Gasteiger charge is 2.33. The van der Waals surface area contributed by atoms with Gasteiger partial charge in [0.05, 0.1) is 29.4 Å². The largest absolute Gasteiger partial charge is 0.496 e. The van der Waals surface area contributed by atoms with Crippen LogP contribution in [0.5, 0.6) is 5.75 Å². The van der Waals surface area contributed by atoms with Crippen LogP contribution in [0.25, 0.3) is 11.3 Å². The van der Waals surface area contributed by atoms with Crippen LogP contribution in [-0.4, -0.2) is 23.6 Å². The lowest BCUT2D eigenvalue weighted by Gasteiger charge is -2.16. The summed E-state index contributed by atoms with van der Waals surface area (Å²) in [4.78, 5) is 8.24. The van der Waals surface area contributed by atoms with Gasteiger partial charge in [-0.2, -0.15) is 13.2 Å². The quantitative estimate of drug-likeness (QED) is 0.589. The second-order valence-corrected chi connectivity index (χ2v) is 6.62. The van der Waals surface area contributed by atoms with Crippen LogP contribution in [0.4, 0.5) is 19.0 Å². The van der Waals surface area contributed by atoms with Crippen molar-refractivity contribution in [2.75, 3.05) is 19.0 Å². The average molecular weight is 423 g/mol. The number of ether oxygens (including phenoxy) is 1. The first-order chi connectivity index (χ1) is 13.8. The van der Waals surface area contributed by atoms with Gasteiger partial charge in [0.2, 0.25) is 0 Å². The molecule has 0 saturated heterocycles. The van der Waals surface area contributed by atoms with E-state index in [1.165, 1.54) is 18.5 Å². The topological polar surface area (TPSA) is 73.1 Å². The zero-order chi connectivity index (χ0) is 21.0. The molecule has 2 aromatic carbocycles. The molecule has 29 heavy (non-hydrogen) atoms. The van der Waals surface area contributed by atoms with Gasteiger partial charge < -0.3 is 15.8 Å². The van der Waals surface area contributed by atoms with Gasteiger partial charge in [0.15, 0.2) is 0 Å². The van der Waals surface area contributed by atoms with Gasteiger partial charge in [0, 0.05) is 23.7 Å². The van der Waals surface area contributed by atoms with Gasteiger partial charge in [-0.1, -0.05) is 35.9 Å². The third-order valence-electron chi connectivity index (χ3n) is 4.28. The molecule has 0 aliphatic rings. The van der Waals surface area contributed by atoms with E-state index in [0.717, 1.165) is 11.6 Å². The molecule has 0 aliphatic heterocycles. The number of methoxy groups -OCH3 is 1. The van der Waals surface area contributed by atoms with E-state index in [1.54, 1.807) is 13.2 Å². The van der Waals surface area contributed by atoms with Crippen molar-refractivity contribution in [1.29, 1.82) is 0 Å². The molecule has 0 radical (unpaired) electrons. The fraction of sp³-hybridized carbons (Fsp3) is 0.200. The molecular weight excluding hydrogens is 405 g/mol. The number of nitrogens with zero attached hydrogens (tertiary/aromatic N) is 2. The van der Waals surface area contributed by atoms with E-state index in [9.17, 15) is 13.2 Å². The summed E-state index contributed by atoms with van der Waals surface area (Å²) in [6.07, 6.45) is -3.19. The van der Waals surface area contributed by atoms with Crippen molar-refractivity contribution in [2.45, 2.75) is 12.2 Å². The van der Waals surface area contributed by atoms with Crippen LogP contribution in [0.3, 0.4) is 0 Å². The second kappa shape index (κ2) is 8.67. The standard InChI is InChI=1S/C20H18ClF3N4O/c1-29-18-5-3-2-4-13(18)16(25)10-26-19-9-17(27-11-28-19)12-6-7-14(15(21)8-12)20(22,23)24/h2-9,11,16H,10,25H2,1H3,(H,26,27,28). The Morgan fingerprint density at radius 2 is 1.90 bits per heavy atom.